The molecule has 0 amide bonds. The Morgan fingerprint density at radius 2 is 2.12 bits per heavy atom. The van der Waals surface area contributed by atoms with Gasteiger partial charge in [-0.3, -0.25) is 10.9 Å². The number of nitrogens with one attached hydrogen (secondary N) is 3. The van der Waals surface area contributed by atoms with E-state index >= 15 is 0 Å². The molecule has 0 aliphatic carbocycles. The fraction of sp³-hybridized carbons (Fsp3) is 1.00. The summed E-state index contributed by atoms with van der Waals surface area (Å²) in [6, 6.07) is 0.704. The lowest BCUT2D eigenvalue weighted by atomic mass is 10.1. The monoisotopic (exact) mass is 113 g/mol. The molecule has 2 atom stereocenters. The first-order valence-corrected chi connectivity index (χ1v) is 3.16. The average Bonchev–Trinajstić information content (AvgIpc) is 2.15. The Kier molecular flexibility index (Phi) is 0.997. The van der Waals surface area contributed by atoms with Gasteiger partial charge in [-0.1, -0.05) is 0 Å². The normalized spacial score (nSPS) is 45.0. The minimum Gasteiger partial charge on any atom is -0.315 e. The van der Waals surface area contributed by atoms with Crippen molar-refractivity contribution in [3.8, 4) is 0 Å². The molecule has 3 nitrogen and oxygen atoms in total. The van der Waals surface area contributed by atoms with Crippen LogP contribution in [-0.4, -0.2) is 25.7 Å². The van der Waals surface area contributed by atoms with E-state index in [-0.39, 0.29) is 0 Å². The Balaban J connectivity index is 2.04. The van der Waals surface area contributed by atoms with Crippen LogP contribution in [0.2, 0.25) is 0 Å². The first kappa shape index (κ1) is 4.73. The molecule has 2 fully saturated rings. The van der Waals surface area contributed by atoms with Crippen LogP contribution in [0.5, 0.6) is 0 Å². The lowest BCUT2D eigenvalue weighted by molar-refractivity contribution is 0.551. The van der Waals surface area contributed by atoms with Crippen molar-refractivity contribution in [3.63, 3.8) is 0 Å². The van der Waals surface area contributed by atoms with Crippen LogP contribution in [0.1, 0.15) is 0 Å². The van der Waals surface area contributed by atoms with Gasteiger partial charge in [-0.05, 0) is 0 Å². The molecule has 46 valence electrons. The number of rotatable bonds is 0. The van der Waals surface area contributed by atoms with Crippen molar-refractivity contribution in [1.82, 2.24) is 16.2 Å². The zero-order chi connectivity index (χ0) is 5.40. The van der Waals surface area contributed by atoms with Crippen molar-refractivity contribution < 1.29 is 0 Å². The fourth-order valence-electron chi connectivity index (χ4n) is 1.44. The molecule has 8 heavy (non-hydrogen) atoms. The third-order valence-electron chi connectivity index (χ3n) is 1.99. The molecule has 0 aromatic carbocycles. The summed E-state index contributed by atoms with van der Waals surface area (Å²) in [6.07, 6.45) is 0. The summed E-state index contributed by atoms with van der Waals surface area (Å²) in [5.41, 5.74) is 6.34. The van der Waals surface area contributed by atoms with Gasteiger partial charge < -0.3 is 5.32 Å². The van der Waals surface area contributed by atoms with Crippen LogP contribution in [0.25, 0.3) is 0 Å². The van der Waals surface area contributed by atoms with Crippen LogP contribution in [0.15, 0.2) is 0 Å². The minimum atomic E-state index is 0.704. The standard InChI is InChI=1S/C5H11N3/c1-4-2-7-8-5(4)3-6-1/h4-8H,1-3H2. The Morgan fingerprint density at radius 3 is 3.00 bits per heavy atom. The maximum Gasteiger partial charge on any atom is 0.0390 e. The highest BCUT2D eigenvalue weighted by Gasteiger charge is 2.30. The lowest BCUT2D eigenvalue weighted by Gasteiger charge is -2.02. The van der Waals surface area contributed by atoms with Gasteiger partial charge in [-0.25, -0.2) is 0 Å². The van der Waals surface area contributed by atoms with Crippen LogP contribution in [0.4, 0.5) is 0 Å². The van der Waals surface area contributed by atoms with Crippen LogP contribution in [0, 0.1) is 5.92 Å². The summed E-state index contributed by atoms with van der Waals surface area (Å²) in [7, 11) is 0. The largest absolute Gasteiger partial charge is 0.315 e. The number of hydrazine groups is 1. The van der Waals surface area contributed by atoms with Gasteiger partial charge in [0.05, 0.1) is 0 Å². The predicted molar refractivity (Wildman–Crippen MR) is 31.3 cm³/mol. The van der Waals surface area contributed by atoms with E-state index in [1.807, 2.05) is 0 Å². The van der Waals surface area contributed by atoms with E-state index in [2.05, 4.69) is 16.2 Å². The molecule has 0 spiro atoms. The smallest absolute Gasteiger partial charge is 0.0390 e. The van der Waals surface area contributed by atoms with Gasteiger partial charge in [0.2, 0.25) is 0 Å². The molecule has 2 aliphatic heterocycles. The molecule has 3 heteroatoms. The second-order valence-electron chi connectivity index (χ2n) is 2.55. The van der Waals surface area contributed by atoms with E-state index in [1.165, 1.54) is 6.54 Å². The van der Waals surface area contributed by atoms with E-state index in [0.29, 0.717) is 6.04 Å². The van der Waals surface area contributed by atoms with Crippen molar-refractivity contribution in [1.29, 1.82) is 0 Å². The molecule has 2 unspecified atom stereocenters. The van der Waals surface area contributed by atoms with Crippen LogP contribution in [-0.2, 0) is 0 Å². The predicted octanol–water partition coefficient (Wildman–Crippen LogP) is -1.32. The molecule has 0 saturated carbocycles. The molecule has 2 rings (SSSR count). The summed E-state index contributed by atoms with van der Waals surface area (Å²) >= 11 is 0. The highest BCUT2D eigenvalue weighted by Crippen LogP contribution is 2.10. The molecule has 0 aromatic heterocycles. The SMILES string of the molecule is C1NCC2NNCC12. The highest BCUT2D eigenvalue weighted by molar-refractivity contribution is 4.90. The number of hydrogen-bond donors (Lipinski definition) is 3. The molecule has 0 bridgehead atoms. The zero-order valence-corrected chi connectivity index (χ0v) is 4.78. The quantitative estimate of drug-likeness (QED) is 0.365. The minimum absolute atomic E-state index is 0.704. The highest BCUT2D eigenvalue weighted by atomic mass is 15.4. The second-order valence-corrected chi connectivity index (χ2v) is 2.55. The first-order chi connectivity index (χ1) is 3.97. The first-order valence-electron chi connectivity index (χ1n) is 3.16. The van der Waals surface area contributed by atoms with E-state index < -0.39 is 0 Å². The van der Waals surface area contributed by atoms with Crippen LogP contribution >= 0.6 is 0 Å². The molecule has 0 radical (unpaired) electrons. The summed E-state index contributed by atoms with van der Waals surface area (Å²) in [6.45, 7) is 3.46. The van der Waals surface area contributed by atoms with E-state index in [4.69, 9.17) is 0 Å². The molecular formula is C5H11N3. The topological polar surface area (TPSA) is 36.1 Å². The summed E-state index contributed by atoms with van der Waals surface area (Å²) in [5.74, 6) is 0.843. The lowest BCUT2D eigenvalue weighted by Crippen LogP contribution is -2.34. The molecular weight excluding hydrogens is 102 g/mol. The van der Waals surface area contributed by atoms with Crippen LogP contribution in [0.3, 0.4) is 0 Å². The Hall–Kier alpha value is -0.120. The van der Waals surface area contributed by atoms with Gasteiger partial charge in [0.25, 0.3) is 0 Å². The third kappa shape index (κ3) is 0.555. The van der Waals surface area contributed by atoms with Gasteiger partial charge in [0, 0.05) is 31.6 Å². The molecule has 0 aromatic rings. The summed E-state index contributed by atoms with van der Waals surface area (Å²) in [4.78, 5) is 0. The van der Waals surface area contributed by atoms with Crippen molar-refractivity contribution in [2.45, 2.75) is 6.04 Å². The molecule has 2 saturated heterocycles. The maximum atomic E-state index is 3.32. The average molecular weight is 113 g/mol. The van der Waals surface area contributed by atoms with Gasteiger partial charge in [-0.15, -0.1) is 0 Å². The summed E-state index contributed by atoms with van der Waals surface area (Å²) < 4.78 is 0. The molecule has 3 N–H and O–H groups in total. The maximum absolute atomic E-state index is 3.32. The van der Waals surface area contributed by atoms with Crippen LogP contribution < -0.4 is 16.2 Å². The number of hydrogen-bond acceptors (Lipinski definition) is 3. The van der Waals surface area contributed by atoms with Crippen molar-refractivity contribution >= 4 is 0 Å². The Bertz CT molecular complexity index is 73.7. The van der Waals surface area contributed by atoms with E-state index in [9.17, 15) is 0 Å². The Morgan fingerprint density at radius 1 is 1.12 bits per heavy atom. The van der Waals surface area contributed by atoms with Gasteiger partial charge in [-0.2, -0.15) is 0 Å². The molecule has 2 aliphatic rings. The van der Waals surface area contributed by atoms with Crippen molar-refractivity contribution in [2.75, 3.05) is 19.6 Å². The zero-order valence-electron chi connectivity index (χ0n) is 4.78. The number of fused-ring (bicyclic) bond motifs is 1. The van der Waals surface area contributed by atoms with E-state index in [0.717, 1.165) is 19.0 Å². The molecule has 2 heterocycles. The van der Waals surface area contributed by atoms with Crippen molar-refractivity contribution in [2.24, 2.45) is 5.92 Å². The second kappa shape index (κ2) is 1.69. The van der Waals surface area contributed by atoms with Gasteiger partial charge in [0.15, 0.2) is 0 Å². The Labute approximate surface area is 48.8 Å². The summed E-state index contributed by atoms with van der Waals surface area (Å²) in [5, 5.41) is 3.32. The van der Waals surface area contributed by atoms with Crippen molar-refractivity contribution in [3.05, 3.63) is 0 Å². The van der Waals surface area contributed by atoms with Gasteiger partial charge >= 0.3 is 0 Å². The van der Waals surface area contributed by atoms with Gasteiger partial charge in [0.1, 0.15) is 0 Å². The third-order valence-corrected chi connectivity index (χ3v) is 1.99. The van der Waals surface area contributed by atoms with E-state index in [1.54, 1.807) is 0 Å². The fourth-order valence-corrected chi connectivity index (χ4v) is 1.44.